The molecule has 8 N–H and O–H groups in total. The molecule has 0 fully saturated rings. The van der Waals surface area contributed by atoms with E-state index in [-0.39, 0.29) is 62.2 Å². The highest BCUT2D eigenvalue weighted by Crippen LogP contribution is 2.28. The lowest BCUT2D eigenvalue weighted by Gasteiger charge is -2.26. The van der Waals surface area contributed by atoms with E-state index >= 15 is 0 Å². The lowest BCUT2D eigenvalue weighted by atomic mass is 9.91. The van der Waals surface area contributed by atoms with Crippen LogP contribution in [0.3, 0.4) is 0 Å². The number of aromatic nitrogens is 2. The molecule has 64 heavy (non-hydrogen) atoms. The van der Waals surface area contributed by atoms with Gasteiger partial charge < -0.3 is 21.4 Å². The standard InChI is InChI=1S/2C21H25Cl2FN4O4/c2*1-11(2)8-12(20(31)27-28(7-6-18(25)30)21(32)19(23)24)9-17(29)16-10-13-14(22)4-3-5-15(13)26-16/h2*3-5,10-12,19,26H,6-9H2,1-2H3,(H2,25,30)(H,27,31)/t12-,19+;12-,19-/m11/s1. The first-order valence-corrected chi connectivity index (χ1v) is 21.6. The van der Waals surface area contributed by atoms with Crippen molar-refractivity contribution in [2.75, 3.05) is 13.1 Å². The number of aromatic amines is 2. The molecule has 4 aromatic rings. The normalized spacial score (nSPS) is 13.1. The molecular weight excluding hydrogens is 924 g/mol. The zero-order valence-electron chi connectivity index (χ0n) is 35.3. The van der Waals surface area contributed by atoms with Crippen LogP contribution in [-0.4, -0.2) is 91.3 Å². The van der Waals surface area contributed by atoms with Crippen molar-refractivity contribution in [3.63, 3.8) is 0 Å². The largest absolute Gasteiger partial charge is 0.370 e. The summed E-state index contributed by atoms with van der Waals surface area (Å²) in [6.45, 7) is 6.80. The van der Waals surface area contributed by atoms with E-state index in [1.54, 1.807) is 48.5 Å². The monoisotopic (exact) mass is 972 g/mol. The molecule has 0 saturated carbocycles. The average Bonchev–Trinajstić information content (AvgIpc) is 3.86. The van der Waals surface area contributed by atoms with Crippen molar-refractivity contribution < 1.29 is 47.1 Å². The van der Waals surface area contributed by atoms with E-state index in [0.29, 0.717) is 66.1 Å². The predicted octanol–water partition coefficient (Wildman–Crippen LogP) is 6.65. The molecule has 0 aliphatic heterocycles. The van der Waals surface area contributed by atoms with Crippen LogP contribution in [0.4, 0.5) is 8.78 Å². The third-order valence-electron chi connectivity index (χ3n) is 9.50. The molecule has 0 aliphatic rings. The van der Waals surface area contributed by atoms with Gasteiger partial charge in [0, 0.05) is 69.4 Å². The first kappa shape index (κ1) is 53.0. The van der Waals surface area contributed by atoms with Crippen LogP contribution in [0.5, 0.6) is 0 Å². The summed E-state index contributed by atoms with van der Waals surface area (Å²) in [5.74, 6) is -7.48. The van der Waals surface area contributed by atoms with Gasteiger partial charge in [0.1, 0.15) is 0 Å². The van der Waals surface area contributed by atoms with Gasteiger partial charge in [-0.2, -0.15) is 0 Å². The van der Waals surface area contributed by atoms with Gasteiger partial charge in [-0.15, -0.1) is 0 Å². The quantitative estimate of drug-likeness (QED) is 0.0317. The Bertz CT molecular complexity index is 2180. The molecule has 2 aromatic carbocycles. The number of nitrogens with one attached hydrogen (secondary N) is 4. The molecule has 16 nitrogen and oxygen atoms in total. The Morgan fingerprint density at radius 2 is 0.969 bits per heavy atom. The number of alkyl halides is 4. The Labute approximate surface area is 387 Å². The molecule has 4 rings (SSSR count). The lowest BCUT2D eigenvalue weighted by Crippen LogP contribution is -2.51. The molecule has 0 aliphatic carbocycles. The van der Waals surface area contributed by atoms with Crippen molar-refractivity contribution >= 4 is 115 Å². The number of primary amides is 2. The van der Waals surface area contributed by atoms with Crippen molar-refractivity contribution in [3.8, 4) is 0 Å². The fourth-order valence-electron chi connectivity index (χ4n) is 6.48. The second kappa shape index (κ2) is 24.7. The number of hydrogen-bond acceptors (Lipinski definition) is 8. The van der Waals surface area contributed by atoms with Crippen molar-refractivity contribution in [3.05, 3.63) is 70.0 Å². The number of hydrazine groups is 2. The Kier molecular flexibility index (Phi) is 20.5. The fraction of sp³-hybridized carbons (Fsp3) is 0.429. The number of fused-ring (bicyclic) bond motifs is 2. The maximum absolute atomic E-state index is 13.3. The zero-order chi connectivity index (χ0) is 48.0. The number of H-pyrrole nitrogens is 2. The summed E-state index contributed by atoms with van der Waals surface area (Å²) < 4.78 is 26.7. The number of rotatable bonds is 20. The minimum absolute atomic E-state index is 0.0485. The molecule has 0 bridgehead atoms. The predicted molar refractivity (Wildman–Crippen MR) is 239 cm³/mol. The lowest BCUT2D eigenvalue weighted by molar-refractivity contribution is -0.145. The summed E-state index contributed by atoms with van der Waals surface area (Å²) in [6, 6.07) is 13.7. The zero-order valence-corrected chi connectivity index (χ0v) is 38.3. The van der Waals surface area contributed by atoms with Gasteiger partial charge in [-0.25, -0.2) is 18.8 Å². The minimum atomic E-state index is -2.41. The highest BCUT2D eigenvalue weighted by molar-refractivity contribution is 6.36. The average molecular weight is 975 g/mol. The number of amides is 6. The van der Waals surface area contributed by atoms with Crippen LogP contribution < -0.4 is 22.3 Å². The number of nitrogens with two attached hydrogens (primary N) is 2. The minimum Gasteiger partial charge on any atom is -0.370 e. The highest BCUT2D eigenvalue weighted by Gasteiger charge is 2.31. The smallest absolute Gasteiger partial charge is 0.291 e. The topological polar surface area (TPSA) is 251 Å². The summed E-state index contributed by atoms with van der Waals surface area (Å²) in [7, 11) is 0. The van der Waals surface area contributed by atoms with Crippen LogP contribution in [0.2, 0.25) is 10.0 Å². The van der Waals surface area contributed by atoms with E-state index in [2.05, 4.69) is 20.8 Å². The van der Waals surface area contributed by atoms with Crippen molar-refractivity contribution in [2.24, 2.45) is 35.1 Å². The summed E-state index contributed by atoms with van der Waals surface area (Å²) in [5.41, 5.74) is 11.8. The van der Waals surface area contributed by atoms with Gasteiger partial charge in [0.2, 0.25) is 23.6 Å². The number of carbonyl (C=O) groups excluding carboxylic acids is 8. The van der Waals surface area contributed by atoms with E-state index in [4.69, 9.17) is 57.9 Å². The van der Waals surface area contributed by atoms with Gasteiger partial charge in [0.25, 0.3) is 23.1 Å². The van der Waals surface area contributed by atoms with Crippen molar-refractivity contribution in [2.45, 2.75) is 77.5 Å². The third kappa shape index (κ3) is 16.0. The Hall–Kier alpha value is -5.30. The number of ketones is 2. The molecule has 0 radical (unpaired) electrons. The molecule has 22 heteroatoms. The highest BCUT2D eigenvalue weighted by atomic mass is 35.5. The van der Waals surface area contributed by atoms with Gasteiger partial charge in [-0.3, -0.25) is 49.2 Å². The summed E-state index contributed by atoms with van der Waals surface area (Å²) in [6.07, 6.45) is -0.274. The first-order valence-electron chi connectivity index (χ1n) is 20.0. The second-order valence-corrected chi connectivity index (χ2v) is 17.2. The van der Waals surface area contributed by atoms with Crippen LogP contribution >= 0.6 is 46.4 Å². The first-order chi connectivity index (χ1) is 30.0. The maximum atomic E-state index is 13.3. The molecule has 0 unspecified atom stereocenters. The van der Waals surface area contributed by atoms with Gasteiger partial charge in [-0.05, 0) is 61.1 Å². The summed E-state index contributed by atoms with van der Waals surface area (Å²) >= 11 is 22.7. The van der Waals surface area contributed by atoms with E-state index in [0.717, 1.165) is 0 Å². The molecule has 2 heterocycles. The Morgan fingerprint density at radius 1 is 0.625 bits per heavy atom. The summed E-state index contributed by atoms with van der Waals surface area (Å²) in [5, 5.41) is 3.57. The van der Waals surface area contributed by atoms with Crippen molar-refractivity contribution in [1.29, 1.82) is 0 Å². The molecule has 348 valence electrons. The van der Waals surface area contributed by atoms with Crippen LogP contribution in [0.15, 0.2) is 48.5 Å². The molecular formula is C42H50Cl4F2N8O8. The number of nitrogens with zero attached hydrogens (tertiary/aromatic N) is 2. The van der Waals surface area contributed by atoms with E-state index in [1.807, 2.05) is 27.7 Å². The number of carbonyl (C=O) groups is 8. The third-order valence-corrected chi connectivity index (χ3v) is 10.5. The Balaban J connectivity index is 0.000000340. The maximum Gasteiger partial charge on any atom is 0.291 e. The van der Waals surface area contributed by atoms with Crippen LogP contribution in [-0.2, 0) is 28.8 Å². The SMILES string of the molecule is CC(C)C[C@H](CC(=O)c1cc2c(Cl)cccc2[nH]1)C(=O)NN(CCC(N)=O)C(=O)[C@@H](F)Cl.CC(C)C[C@H](CC(=O)c1cc2c(Cl)cccc2[nH]1)C(=O)NN(CCC(N)=O)C(=O)[C@H](F)Cl. The van der Waals surface area contributed by atoms with E-state index in [9.17, 15) is 47.1 Å². The molecule has 6 amide bonds. The summed E-state index contributed by atoms with van der Waals surface area (Å²) in [4.78, 5) is 104. The van der Waals surface area contributed by atoms with Crippen LogP contribution in [0.25, 0.3) is 21.8 Å². The number of benzene rings is 2. The van der Waals surface area contributed by atoms with Gasteiger partial charge in [0.05, 0.1) is 24.5 Å². The van der Waals surface area contributed by atoms with E-state index in [1.165, 1.54) is 0 Å². The molecule has 0 spiro atoms. The number of Topliss-reactive ketones (excluding diaryl/α,β-unsaturated/α-hetero) is 2. The van der Waals surface area contributed by atoms with Crippen LogP contribution in [0, 0.1) is 23.7 Å². The number of halogens is 6. The van der Waals surface area contributed by atoms with Crippen LogP contribution in [0.1, 0.15) is 87.2 Å². The number of hydrogen-bond donors (Lipinski definition) is 6. The Morgan fingerprint density at radius 3 is 1.25 bits per heavy atom. The second-order valence-electron chi connectivity index (χ2n) is 15.6. The van der Waals surface area contributed by atoms with Crippen molar-refractivity contribution in [1.82, 2.24) is 30.8 Å². The van der Waals surface area contributed by atoms with Gasteiger partial charge >= 0.3 is 0 Å². The van der Waals surface area contributed by atoms with Gasteiger partial charge in [0.15, 0.2) is 11.6 Å². The molecule has 4 atom stereocenters. The van der Waals surface area contributed by atoms with E-state index < -0.39 is 58.5 Å². The molecule has 2 aromatic heterocycles. The fourth-order valence-corrected chi connectivity index (χ4v) is 7.17. The molecule has 0 saturated heterocycles. The van der Waals surface area contributed by atoms with Gasteiger partial charge in [-0.1, -0.05) is 86.2 Å².